The fourth-order valence-corrected chi connectivity index (χ4v) is 4.26. The Kier molecular flexibility index (Phi) is 5.29. The zero-order valence-electron chi connectivity index (χ0n) is 14.6. The lowest BCUT2D eigenvalue weighted by Crippen LogP contribution is -2.43. The van der Waals surface area contributed by atoms with Crippen molar-refractivity contribution in [3.63, 3.8) is 0 Å². The Morgan fingerprint density at radius 2 is 1.88 bits per heavy atom. The zero-order valence-corrected chi connectivity index (χ0v) is 15.4. The van der Waals surface area contributed by atoms with Crippen molar-refractivity contribution in [2.24, 2.45) is 0 Å². The van der Waals surface area contributed by atoms with E-state index in [9.17, 15) is 4.79 Å². The number of benzene rings is 2. The molecule has 5 heteroatoms. The summed E-state index contributed by atoms with van der Waals surface area (Å²) in [7, 11) is 0. The largest absolute Gasteiger partial charge is 0.379 e. The number of carbonyl (C=O) groups is 1. The highest BCUT2D eigenvalue weighted by molar-refractivity contribution is 7.10. The molecule has 0 spiro atoms. The fourth-order valence-electron chi connectivity index (χ4n) is 3.40. The molecule has 1 aliphatic heterocycles. The highest BCUT2D eigenvalue weighted by atomic mass is 32.1. The van der Waals surface area contributed by atoms with E-state index in [1.54, 1.807) is 11.3 Å². The SMILES string of the molecule is O=C(NCC(c1cccs1)N1CCOCC1)c1ccc2ccccc2c1. The standard InChI is InChI=1S/C21H22N2O2S/c24-21(18-8-7-16-4-1-2-5-17(16)14-18)22-15-19(20-6-3-13-26-20)23-9-11-25-12-10-23/h1-8,13-14,19H,9-12,15H2,(H,22,24). The molecule has 1 fully saturated rings. The number of hydrogen-bond donors (Lipinski definition) is 1. The van der Waals surface area contributed by atoms with Gasteiger partial charge in [0, 0.05) is 30.1 Å². The van der Waals surface area contributed by atoms with Gasteiger partial charge in [0.15, 0.2) is 0 Å². The number of rotatable bonds is 5. The number of morpholine rings is 1. The molecule has 3 aromatic rings. The van der Waals surface area contributed by atoms with Crippen LogP contribution in [-0.2, 0) is 4.74 Å². The van der Waals surface area contributed by atoms with Gasteiger partial charge in [-0.2, -0.15) is 0 Å². The van der Waals surface area contributed by atoms with Crippen LogP contribution in [-0.4, -0.2) is 43.7 Å². The van der Waals surface area contributed by atoms with E-state index in [4.69, 9.17) is 4.74 Å². The first-order valence-corrected chi connectivity index (χ1v) is 9.81. The van der Waals surface area contributed by atoms with E-state index in [-0.39, 0.29) is 11.9 Å². The van der Waals surface area contributed by atoms with Gasteiger partial charge in [-0.3, -0.25) is 9.69 Å². The van der Waals surface area contributed by atoms with Gasteiger partial charge < -0.3 is 10.1 Å². The van der Waals surface area contributed by atoms with Gasteiger partial charge in [0.25, 0.3) is 5.91 Å². The predicted octanol–water partition coefficient (Wildman–Crippen LogP) is 3.70. The summed E-state index contributed by atoms with van der Waals surface area (Å²) in [5.74, 6) is -0.0226. The van der Waals surface area contributed by atoms with Crippen LogP contribution in [0.4, 0.5) is 0 Å². The Hall–Kier alpha value is -2.21. The number of carbonyl (C=O) groups excluding carboxylic acids is 1. The summed E-state index contributed by atoms with van der Waals surface area (Å²) in [6.45, 7) is 3.90. The van der Waals surface area contributed by atoms with Crippen LogP contribution in [0.5, 0.6) is 0 Å². The van der Waals surface area contributed by atoms with Crippen LogP contribution < -0.4 is 5.32 Å². The van der Waals surface area contributed by atoms with E-state index in [2.05, 4.69) is 33.8 Å². The molecule has 0 saturated carbocycles. The number of fused-ring (bicyclic) bond motifs is 1. The molecule has 4 rings (SSSR count). The molecular weight excluding hydrogens is 344 g/mol. The van der Waals surface area contributed by atoms with Crippen molar-refractivity contribution in [2.45, 2.75) is 6.04 Å². The van der Waals surface area contributed by atoms with Crippen LogP contribution in [0.15, 0.2) is 60.0 Å². The second-order valence-electron chi connectivity index (χ2n) is 6.45. The lowest BCUT2D eigenvalue weighted by molar-refractivity contribution is 0.0169. The molecule has 4 nitrogen and oxygen atoms in total. The molecule has 1 N–H and O–H groups in total. The van der Waals surface area contributed by atoms with Crippen molar-refractivity contribution >= 4 is 28.0 Å². The molecule has 1 unspecified atom stereocenters. The van der Waals surface area contributed by atoms with Crippen molar-refractivity contribution in [3.05, 3.63) is 70.4 Å². The van der Waals surface area contributed by atoms with Gasteiger partial charge in [0.1, 0.15) is 0 Å². The second kappa shape index (κ2) is 7.99. The monoisotopic (exact) mass is 366 g/mol. The van der Waals surface area contributed by atoms with Crippen molar-refractivity contribution in [3.8, 4) is 0 Å². The van der Waals surface area contributed by atoms with E-state index < -0.39 is 0 Å². The van der Waals surface area contributed by atoms with Gasteiger partial charge in [0.2, 0.25) is 0 Å². The number of amides is 1. The summed E-state index contributed by atoms with van der Waals surface area (Å²) in [5.41, 5.74) is 0.704. The highest BCUT2D eigenvalue weighted by Crippen LogP contribution is 2.25. The van der Waals surface area contributed by atoms with Crippen LogP contribution in [0.25, 0.3) is 10.8 Å². The first-order valence-electron chi connectivity index (χ1n) is 8.93. The van der Waals surface area contributed by atoms with E-state index >= 15 is 0 Å². The summed E-state index contributed by atoms with van der Waals surface area (Å²) < 4.78 is 5.48. The first-order chi connectivity index (χ1) is 12.8. The molecule has 1 saturated heterocycles. The third kappa shape index (κ3) is 3.80. The molecule has 1 aromatic heterocycles. The average Bonchev–Trinajstić information content (AvgIpc) is 3.23. The maximum Gasteiger partial charge on any atom is 0.251 e. The molecule has 0 aliphatic carbocycles. The number of nitrogens with zero attached hydrogens (tertiary/aromatic N) is 1. The molecule has 0 radical (unpaired) electrons. The first kappa shape index (κ1) is 17.2. The van der Waals surface area contributed by atoms with Crippen molar-refractivity contribution < 1.29 is 9.53 Å². The Balaban J connectivity index is 1.48. The van der Waals surface area contributed by atoms with Crippen LogP contribution in [0.2, 0.25) is 0 Å². The van der Waals surface area contributed by atoms with E-state index in [1.165, 1.54) is 4.88 Å². The minimum absolute atomic E-state index is 0.0226. The Labute approximate surface area is 157 Å². The van der Waals surface area contributed by atoms with Crippen LogP contribution >= 0.6 is 11.3 Å². The van der Waals surface area contributed by atoms with Gasteiger partial charge in [0.05, 0.1) is 19.3 Å². The van der Waals surface area contributed by atoms with E-state index in [0.717, 1.165) is 37.1 Å². The minimum Gasteiger partial charge on any atom is -0.379 e. The Morgan fingerprint density at radius 1 is 1.08 bits per heavy atom. The zero-order chi connectivity index (χ0) is 17.8. The fraction of sp³-hybridized carbons (Fsp3) is 0.286. The molecule has 26 heavy (non-hydrogen) atoms. The Bertz CT molecular complexity index is 873. The molecule has 2 heterocycles. The molecular formula is C21H22N2O2S. The molecule has 134 valence electrons. The summed E-state index contributed by atoms with van der Waals surface area (Å²) in [6, 6.07) is 18.4. The maximum atomic E-state index is 12.7. The Morgan fingerprint density at radius 3 is 2.65 bits per heavy atom. The topological polar surface area (TPSA) is 41.6 Å². The van der Waals surface area contributed by atoms with Gasteiger partial charge in [-0.05, 0) is 34.4 Å². The summed E-state index contributed by atoms with van der Waals surface area (Å²) in [4.78, 5) is 16.4. The van der Waals surface area contributed by atoms with Crippen LogP contribution in [0.3, 0.4) is 0 Å². The smallest absolute Gasteiger partial charge is 0.251 e. The lowest BCUT2D eigenvalue weighted by Gasteiger charge is -2.34. The molecule has 2 aromatic carbocycles. The highest BCUT2D eigenvalue weighted by Gasteiger charge is 2.24. The lowest BCUT2D eigenvalue weighted by atomic mass is 10.1. The minimum atomic E-state index is -0.0226. The second-order valence-corrected chi connectivity index (χ2v) is 7.43. The van der Waals surface area contributed by atoms with Gasteiger partial charge in [-0.15, -0.1) is 11.3 Å². The van der Waals surface area contributed by atoms with Crippen molar-refractivity contribution in [1.82, 2.24) is 10.2 Å². The summed E-state index contributed by atoms with van der Waals surface area (Å²) in [6.07, 6.45) is 0. The maximum absolute atomic E-state index is 12.7. The third-order valence-electron chi connectivity index (χ3n) is 4.83. The van der Waals surface area contributed by atoms with Crippen molar-refractivity contribution in [2.75, 3.05) is 32.8 Å². The number of nitrogens with one attached hydrogen (secondary N) is 1. The predicted molar refractivity (Wildman–Crippen MR) is 106 cm³/mol. The van der Waals surface area contributed by atoms with Gasteiger partial charge in [-0.25, -0.2) is 0 Å². The van der Waals surface area contributed by atoms with Gasteiger partial charge in [-0.1, -0.05) is 36.4 Å². The van der Waals surface area contributed by atoms with E-state index in [1.807, 2.05) is 36.4 Å². The van der Waals surface area contributed by atoms with Crippen LogP contribution in [0.1, 0.15) is 21.3 Å². The number of thiophene rings is 1. The molecule has 1 amide bonds. The molecule has 1 aliphatic rings. The number of hydrogen-bond acceptors (Lipinski definition) is 4. The third-order valence-corrected chi connectivity index (χ3v) is 5.80. The van der Waals surface area contributed by atoms with E-state index in [0.29, 0.717) is 12.1 Å². The number of ether oxygens (including phenoxy) is 1. The normalized spacial score (nSPS) is 16.5. The van der Waals surface area contributed by atoms with Crippen molar-refractivity contribution in [1.29, 1.82) is 0 Å². The van der Waals surface area contributed by atoms with Gasteiger partial charge >= 0.3 is 0 Å². The average molecular weight is 366 g/mol. The molecule has 0 bridgehead atoms. The van der Waals surface area contributed by atoms with Crippen LogP contribution in [0, 0.1) is 0 Å². The molecule has 1 atom stereocenters. The quantitative estimate of drug-likeness (QED) is 0.749. The summed E-state index contributed by atoms with van der Waals surface area (Å²) >= 11 is 1.74. The summed E-state index contributed by atoms with van der Waals surface area (Å²) in [5, 5.41) is 7.46.